The van der Waals surface area contributed by atoms with Crippen LogP contribution >= 0.6 is 0 Å². The minimum absolute atomic E-state index is 0.104. The van der Waals surface area contributed by atoms with Gasteiger partial charge in [0, 0.05) is 32.1 Å². The summed E-state index contributed by atoms with van der Waals surface area (Å²) < 4.78 is 9.69. The number of aromatic amines is 1. The fourth-order valence-electron chi connectivity index (χ4n) is 4.42. The van der Waals surface area contributed by atoms with E-state index >= 15 is 0 Å². The number of hydrogen-bond acceptors (Lipinski definition) is 5. The second-order valence-corrected chi connectivity index (χ2v) is 8.49. The molecule has 0 spiro atoms. The lowest BCUT2D eigenvalue weighted by Crippen LogP contribution is -2.37. The van der Waals surface area contributed by atoms with Crippen molar-refractivity contribution in [1.82, 2.24) is 34.7 Å². The maximum Gasteiger partial charge on any atom is 0.272 e. The second-order valence-electron chi connectivity index (χ2n) is 8.49. The van der Waals surface area contributed by atoms with Crippen molar-refractivity contribution in [3.8, 4) is 17.0 Å². The van der Waals surface area contributed by atoms with Crippen molar-refractivity contribution in [3.63, 3.8) is 0 Å². The summed E-state index contributed by atoms with van der Waals surface area (Å²) >= 11 is 0. The molecule has 0 saturated carbocycles. The van der Waals surface area contributed by atoms with Gasteiger partial charge in [-0.05, 0) is 43.2 Å². The van der Waals surface area contributed by atoms with Crippen molar-refractivity contribution >= 4 is 29.0 Å². The van der Waals surface area contributed by atoms with E-state index in [-0.39, 0.29) is 12.0 Å². The molecule has 9 heteroatoms. The Labute approximate surface area is 191 Å². The van der Waals surface area contributed by atoms with Crippen LogP contribution in [-0.4, -0.2) is 60.3 Å². The zero-order valence-electron chi connectivity index (χ0n) is 19.5. The molecule has 2 bridgehead atoms. The molecule has 3 aromatic heterocycles. The molecule has 9 nitrogen and oxygen atoms in total. The smallest absolute Gasteiger partial charge is 0.272 e. The van der Waals surface area contributed by atoms with Gasteiger partial charge < -0.3 is 9.64 Å². The molecule has 1 aliphatic rings. The van der Waals surface area contributed by atoms with Crippen LogP contribution in [0.1, 0.15) is 41.3 Å². The lowest BCUT2D eigenvalue weighted by Gasteiger charge is -2.23. The Kier molecular flexibility index (Phi) is 5.03. The Balaban J connectivity index is 1.73. The first kappa shape index (κ1) is 21.0. The summed E-state index contributed by atoms with van der Waals surface area (Å²) in [4.78, 5) is 15.1. The molecule has 1 aromatic carbocycles. The van der Waals surface area contributed by atoms with Crippen LogP contribution in [0.2, 0.25) is 0 Å². The number of carbonyl (C=O) groups excluding carboxylic acids is 1. The predicted molar refractivity (Wildman–Crippen MR) is 127 cm³/mol. The van der Waals surface area contributed by atoms with Gasteiger partial charge in [0.05, 0.1) is 35.2 Å². The molecular weight excluding hydrogens is 418 g/mol. The van der Waals surface area contributed by atoms with E-state index in [0.717, 1.165) is 45.4 Å². The lowest BCUT2D eigenvalue weighted by molar-refractivity contribution is 0.0709. The highest BCUT2D eigenvalue weighted by Crippen LogP contribution is 2.33. The highest BCUT2D eigenvalue weighted by Gasteiger charge is 2.25. The van der Waals surface area contributed by atoms with E-state index in [1.165, 1.54) is 0 Å². The van der Waals surface area contributed by atoms with Crippen LogP contribution in [0.15, 0.2) is 24.4 Å². The number of hydrogen-bond donors (Lipinski definition) is 1. The molecule has 0 saturated heterocycles. The number of likely N-dealkylation sites (N-methyl/N-ethyl adjacent to an activating group) is 1. The van der Waals surface area contributed by atoms with Crippen molar-refractivity contribution in [2.45, 2.75) is 26.4 Å². The number of nitrogens with one attached hydrogen (secondary N) is 1. The summed E-state index contributed by atoms with van der Waals surface area (Å²) in [5.74, 6) is 0.556. The monoisotopic (exact) mass is 445 g/mol. The Morgan fingerprint density at radius 1 is 1.18 bits per heavy atom. The van der Waals surface area contributed by atoms with Gasteiger partial charge in [-0.2, -0.15) is 15.3 Å². The first-order valence-corrected chi connectivity index (χ1v) is 11.0. The molecule has 4 heterocycles. The van der Waals surface area contributed by atoms with Crippen LogP contribution in [0.5, 0.6) is 5.88 Å². The van der Waals surface area contributed by atoms with E-state index in [9.17, 15) is 4.79 Å². The van der Waals surface area contributed by atoms with Crippen molar-refractivity contribution < 1.29 is 9.53 Å². The van der Waals surface area contributed by atoms with Crippen molar-refractivity contribution in [2.24, 2.45) is 14.1 Å². The van der Waals surface area contributed by atoms with Gasteiger partial charge in [-0.25, -0.2) is 4.68 Å². The van der Waals surface area contributed by atoms with Crippen LogP contribution in [0, 0.1) is 0 Å². The van der Waals surface area contributed by atoms with E-state index in [1.54, 1.807) is 27.5 Å². The first-order chi connectivity index (χ1) is 15.9. The summed E-state index contributed by atoms with van der Waals surface area (Å²) in [6.07, 6.45) is 6.17. The van der Waals surface area contributed by atoms with E-state index in [2.05, 4.69) is 26.5 Å². The maximum absolute atomic E-state index is 13.5. The molecule has 5 rings (SSSR count). The Morgan fingerprint density at radius 3 is 2.79 bits per heavy atom. The molecule has 170 valence electrons. The topological polar surface area (TPSA) is 93.9 Å². The highest BCUT2D eigenvalue weighted by molar-refractivity contribution is 5.99. The van der Waals surface area contributed by atoms with Gasteiger partial charge in [0.25, 0.3) is 5.91 Å². The molecule has 1 atom stereocenters. The number of carbonyl (C=O) groups is 1. The number of rotatable bonds is 1. The molecule has 1 N–H and O–H groups in total. The van der Waals surface area contributed by atoms with Crippen molar-refractivity contribution in [1.29, 1.82) is 0 Å². The quantitative estimate of drug-likeness (QED) is 0.485. The third-order valence-corrected chi connectivity index (χ3v) is 6.08. The Morgan fingerprint density at radius 2 is 2.00 bits per heavy atom. The molecule has 1 aliphatic heterocycles. The summed E-state index contributed by atoms with van der Waals surface area (Å²) in [6, 6.07) is 6.14. The average molecular weight is 446 g/mol. The third-order valence-electron chi connectivity index (χ3n) is 6.08. The molecule has 33 heavy (non-hydrogen) atoms. The van der Waals surface area contributed by atoms with E-state index in [1.807, 2.05) is 52.2 Å². The number of amides is 1. The number of benzene rings is 1. The summed E-state index contributed by atoms with van der Waals surface area (Å²) in [7, 11) is 5.45. The van der Waals surface area contributed by atoms with Gasteiger partial charge in [0.15, 0.2) is 0 Å². The van der Waals surface area contributed by atoms with Gasteiger partial charge in [0.1, 0.15) is 11.8 Å². The molecule has 0 fully saturated rings. The van der Waals surface area contributed by atoms with Crippen LogP contribution in [-0.2, 0) is 20.5 Å². The number of aromatic nitrogens is 6. The van der Waals surface area contributed by atoms with Crippen molar-refractivity contribution in [2.75, 3.05) is 13.6 Å². The highest BCUT2D eigenvalue weighted by atomic mass is 16.5. The fourth-order valence-corrected chi connectivity index (χ4v) is 4.42. The summed E-state index contributed by atoms with van der Waals surface area (Å²) in [6.45, 7) is 4.41. The average Bonchev–Trinajstić information content (AvgIpc) is 3.46. The summed E-state index contributed by atoms with van der Waals surface area (Å²) in [5.41, 5.74) is 5.85. The standard InChI is InChI=1S/C24H27N7O2/c1-6-19-16-8-10-21-17-11-15(7-9-20(17)26-27-21)18-12-25-31(5)24(18)33-14(2)13-29(3)23(32)22(16)30(4)28-19/h7-12,14H,6,13H2,1-5H3,(H,26,27)/b10-8+/t14-/m0/s1. The van der Waals surface area contributed by atoms with Gasteiger partial charge in [0.2, 0.25) is 5.88 Å². The lowest BCUT2D eigenvalue weighted by atomic mass is 10.0. The van der Waals surface area contributed by atoms with Crippen LogP contribution in [0.3, 0.4) is 0 Å². The molecule has 4 aromatic rings. The minimum Gasteiger partial charge on any atom is -0.472 e. The molecular formula is C24H27N7O2. The van der Waals surface area contributed by atoms with E-state index < -0.39 is 0 Å². The largest absolute Gasteiger partial charge is 0.472 e. The molecule has 1 amide bonds. The maximum atomic E-state index is 13.5. The molecule has 0 radical (unpaired) electrons. The SMILES string of the molecule is CCc1nn(C)c2c1/C=C/c1n[nH]c3ccc(cc13)-c1cnn(C)c1O[C@@H](C)CN(C)C2=O. The number of nitrogens with zero attached hydrogens (tertiary/aromatic N) is 6. The van der Waals surface area contributed by atoms with E-state index in [0.29, 0.717) is 18.1 Å². The fraction of sp³-hybridized carbons (Fsp3) is 0.333. The first-order valence-electron chi connectivity index (χ1n) is 11.0. The Hall–Kier alpha value is -3.88. The zero-order valence-corrected chi connectivity index (χ0v) is 19.5. The van der Waals surface area contributed by atoms with Gasteiger partial charge in [-0.1, -0.05) is 13.0 Å². The normalized spacial score (nSPS) is 17.4. The number of H-pyrrole nitrogens is 1. The van der Waals surface area contributed by atoms with Gasteiger partial charge >= 0.3 is 0 Å². The number of fused-ring (bicyclic) bond motifs is 4. The molecule has 0 unspecified atom stereocenters. The van der Waals surface area contributed by atoms with Gasteiger partial charge in [-0.15, -0.1) is 0 Å². The third kappa shape index (κ3) is 3.49. The summed E-state index contributed by atoms with van der Waals surface area (Å²) in [5, 5.41) is 17.6. The van der Waals surface area contributed by atoms with E-state index in [4.69, 9.17) is 4.74 Å². The van der Waals surface area contributed by atoms with Gasteiger partial charge in [-0.3, -0.25) is 14.6 Å². The van der Waals surface area contributed by atoms with Crippen LogP contribution in [0.4, 0.5) is 0 Å². The predicted octanol–water partition coefficient (Wildman–Crippen LogP) is 3.28. The molecule has 0 aliphatic carbocycles. The number of ether oxygens (including phenoxy) is 1. The van der Waals surface area contributed by atoms with Crippen molar-refractivity contribution in [3.05, 3.63) is 47.0 Å². The minimum atomic E-state index is -0.246. The second kappa shape index (κ2) is 7.91. The van der Waals surface area contributed by atoms with Crippen LogP contribution in [0.25, 0.3) is 34.2 Å². The zero-order chi connectivity index (χ0) is 23.3. The Bertz CT molecular complexity index is 1390. The van der Waals surface area contributed by atoms with Crippen LogP contribution < -0.4 is 4.74 Å². The number of aryl methyl sites for hydroxylation is 3.